The summed E-state index contributed by atoms with van der Waals surface area (Å²) >= 11 is 0. The van der Waals surface area contributed by atoms with Gasteiger partial charge in [-0.25, -0.2) is 4.98 Å². The molecule has 1 N–H and O–H groups in total. The van der Waals surface area contributed by atoms with Gasteiger partial charge in [-0.1, -0.05) is 6.07 Å². The van der Waals surface area contributed by atoms with E-state index in [1.165, 1.54) is 0 Å². The van der Waals surface area contributed by atoms with Gasteiger partial charge in [0.15, 0.2) is 0 Å². The van der Waals surface area contributed by atoms with Crippen LogP contribution in [0.25, 0.3) is 0 Å². The first-order chi connectivity index (χ1) is 9.26. The number of carbonyl (C=O) groups is 1. The molecular formula is C13H16N4O2. The van der Waals surface area contributed by atoms with E-state index >= 15 is 0 Å². The summed E-state index contributed by atoms with van der Waals surface area (Å²) < 4.78 is 6.78. The van der Waals surface area contributed by atoms with Gasteiger partial charge in [0.2, 0.25) is 5.88 Å². The highest BCUT2D eigenvalue weighted by Crippen LogP contribution is 2.13. The highest BCUT2D eigenvalue weighted by Gasteiger charge is 2.11. The van der Waals surface area contributed by atoms with Crippen LogP contribution in [0.5, 0.6) is 5.88 Å². The standard InChI is InChI=1S/C13H16N4O2/c1-3-17-11(6-8-16-17)12(18)15-9-10-5-4-7-14-13(10)19-2/h4-8H,3,9H2,1-2H3,(H,15,18). The summed E-state index contributed by atoms with van der Waals surface area (Å²) in [6.07, 6.45) is 3.26. The number of aryl methyl sites for hydroxylation is 1. The van der Waals surface area contributed by atoms with Crippen LogP contribution in [0.15, 0.2) is 30.6 Å². The molecule has 0 aliphatic rings. The number of aromatic nitrogens is 3. The molecule has 0 radical (unpaired) electrons. The average molecular weight is 260 g/mol. The van der Waals surface area contributed by atoms with Crippen molar-refractivity contribution < 1.29 is 9.53 Å². The lowest BCUT2D eigenvalue weighted by Crippen LogP contribution is -2.26. The van der Waals surface area contributed by atoms with Crippen LogP contribution in [-0.2, 0) is 13.1 Å². The fraction of sp³-hybridized carbons (Fsp3) is 0.308. The number of nitrogens with zero attached hydrogens (tertiary/aromatic N) is 3. The number of ether oxygens (including phenoxy) is 1. The Morgan fingerprint density at radius 2 is 2.26 bits per heavy atom. The molecule has 0 atom stereocenters. The molecule has 1 amide bonds. The van der Waals surface area contributed by atoms with Crippen molar-refractivity contribution in [3.8, 4) is 5.88 Å². The second kappa shape index (κ2) is 5.99. The van der Waals surface area contributed by atoms with E-state index in [2.05, 4.69) is 15.4 Å². The molecule has 19 heavy (non-hydrogen) atoms. The number of hydrogen-bond acceptors (Lipinski definition) is 4. The van der Waals surface area contributed by atoms with Gasteiger partial charge >= 0.3 is 0 Å². The van der Waals surface area contributed by atoms with E-state index in [1.54, 1.807) is 36.3 Å². The lowest BCUT2D eigenvalue weighted by Gasteiger charge is -2.09. The van der Waals surface area contributed by atoms with E-state index < -0.39 is 0 Å². The topological polar surface area (TPSA) is 69.0 Å². The number of amides is 1. The summed E-state index contributed by atoms with van der Waals surface area (Å²) in [5, 5.41) is 6.89. The van der Waals surface area contributed by atoms with Crippen molar-refractivity contribution in [3.63, 3.8) is 0 Å². The van der Waals surface area contributed by atoms with Crippen LogP contribution < -0.4 is 10.1 Å². The molecule has 2 aromatic rings. The SMILES string of the molecule is CCn1nccc1C(=O)NCc1cccnc1OC. The first-order valence-electron chi connectivity index (χ1n) is 6.04. The second-order valence-corrected chi connectivity index (χ2v) is 3.89. The quantitative estimate of drug-likeness (QED) is 0.878. The van der Waals surface area contributed by atoms with Crippen LogP contribution in [0.4, 0.5) is 0 Å². The zero-order chi connectivity index (χ0) is 13.7. The normalized spacial score (nSPS) is 10.2. The first kappa shape index (κ1) is 13.1. The predicted octanol–water partition coefficient (Wildman–Crippen LogP) is 1.24. The third kappa shape index (κ3) is 2.90. The minimum atomic E-state index is -0.162. The second-order valence-electron chi connectivity index (χ2n) is 3.89. The van der Waals surface area contributed by atoms with Crippen LogP contribution in [0.3, 0.4) is 0 Å². The Balaban J connectivity index is 2.04. The van der Waals surface area contributed by atoms with E-state index in [1.807, 2.05) is 13.0 Å². The molecule has 6 heteroatoms. The largest absolute Gasteiger partial charge is 0.481 e. The van der Waals surface area contributed by atoms with Gasteiger partial charge in [-0.3, -0.25) is 9.48 Å². The van der Waals surface area contributed by atoms with Gasteiger partial charge < -0.3 is 10.1 Å². The van der Waals surface area contributed by atoms with Gasteiger partial charge in [0, 0.05) is 31.0 Å². The van der Waals surface area contributed by atoms with E-state index in [0.29, 0.717) is 24.7 Å². The maximum atomic E-state index is 12.0. The number of hydrogen-bond donors (Lipinski definition) is 1. The Morgan fingerprint density at radius 3 is 3.00 bits per heavy atom. The van der Waals surface area contributed by atoms with Gasteiger partial charge in [0.1, 0.15) is 5.69 Å². The maximum absolute atomic E-state index is 12.0. The van der Waals surface area contributed by atoms with Crippen molar-refractivity contribution in [1.29, 1.82) is 0 Å². The Labute approximate surface area is 111 Å². The minimum Gasteiger partial charge on any atom is -0.481 e. The molecule has 2 heterocycles. The lowest BCUT2D eigenvalue weighted by molar-refractivity contribution is 0.0940. The summed E-state index contributed by atoms with van der Waals surface area (Å²) in [4.78, 5) is 16.1. The first-order valence-corrected chi connectivity index (χ1v) is 6.04. The van der Waals surface area contributed by atoms with Crippen molar-refractivity contribution in [3.05, 3.63) is 41.9 Å². The lowest BCUT2D eigenvalue weighted by atomic mass is 10.2. The third-order valence-corrected chi connectivity index (χ3v) is 2.73. The van der Waals surface area contributed by atoms with Crippen LogP contribution in [0, 0.1) is 0 Å². The summed E-state index contributed by atoms with van der Waals surface area (Å²) in [5.41, 5.74) is 1.38. The Kier molecular flexibility index (Phi) is 4.12. The molecule has 0 bridgehead atoms. The minimum absolute atomic E-state index is 0.162. The van der Waals surface area contributed by atoms with Crippen molar-refractivity contribution in [2.45, 2.75) is 20.0 Å². The van der Waals surface area contributed by atoms with E-state index in [-0.39, 0.29) is 5.91 Å². The van der Waals surface area contributed by atoms with E-state index in [0.717, 1.165) is 5.56 Å². The Hall–Kier alpha value is -2.37. The fourth-order valence-electron chi connectivity index (χ4n) is 1.79. The van der Waals surface area contributed by atoms with Crippen LogP contribution in [0.2, 0.25) is 0 Å². The molecule has 6 nitrogen and oxygen atoms in total. The third-order valence-electron chi connectivity index (χ3n) is 2.73. The highest BCUT2D eigenvalue weighted by molar-refractivity contribution is 5.92. The van der Waals surface area contributed by atoms with Gasteiger partial charge in [-0.15, -0.1) is 0 Å². The molecule has 0 unspecified atom stereocenters. The van der Waals surface area contributed by atoms with Crippen molar-refractivity contribution in [2.75, 3.05) is 7.11 Å². The van der Waals surface area contributed by atoms with E-state index in [9.17, 15) is 4.79 Å². The summed E-state index contributed by atoms with van der Waals surface area (Å²) in [6.45, 7) is 2.96. The number of carbonyl (C=O) groups excluding carboxylic acids is 1. The molecule has 0 aliphatic carbocycles. The highest BCUT2D eigenvalue weighted by atomic mass is 16.5. The van der Waals surface area contributed by atoms with Gasteiger partial charge in [-0.2, -0.15) is 5.10 Å². The van der Waals surface area contributed by atoms with Crippen molar-refractivity contribution in [2.24, 2.45) is 0 Å². The van der Waals surface area contributed by atoms with E-state index in [4.69, 9.17) is 4.74 Å². The zero-order valence-corrected chi connectivity index (χ0v) is 11.0. The van der Waals surface area contributed by atoms with Crippen molar-refractivity contribution in [1.82, 2.24) is 20.1 Å². The Bertz CT molecular complexity index is 565. The monoisotopic (exact) mass is 260 g/mol. The summed E-state index contributed by atoms with van der Waals surface area (Å²) in [7, 11) is 1.56. The van der Waals surface area contributed by atoms with Gasteiger partial charge in [0.05, 0.1) is 7.11 Å². The summed E-state index contributed by atoms with van der Waals surface area (Å²) in [5.74, 6) is 0.358. The number of pyridine rings is 1. The molecule has 100 valence electrons. The average Bonchev–Trinajstić information content (AvgIpc) is 2.93. The number of rotatable bonds is 5. The molecule has 0 saturated carbocycles. The molecule has 0 aliphatic heterocycles. The molecule has 0 fully saturated rings. The van der Waals surface area contributed by atoms with Crippen molar-refractivity contribution >= 4 is 5.91 Å². The zero-order valence-electron chi connectivity index (χ0n) is 11.0. The molecule has 0 aromatic carbocycles. The number of methoxy groups -OCH3 is 1. The Morgan fingerprint density at radius 1 is 1.42 bits per heavy atom. The van der Waals surface area contributed by atoms with Crippen LogP contribution >= 0.6 is 0 Å². The smallest absolute Gasteiger partial charge is 0.269 e. The van der Waals surface area contributed by atoms with Crippen LogP contribution in [0.1, 0.15) is 23.0 Å². The summed E-state index contributed by atoms with van der Waals surface area (Å²) in [6, 6.07) is 5.36. The molecule has 0 spiro atoms. The van der Waals surface area contributed by atoms with Gasteiger partial charge in [0.25, 0.3) is 5.91 Å². The van der Waals surface area contributed by atoms with Gasteiger partial charge in [-0.05, 0) is 19.1 Å². The number of nitrogens with one attached hydrogen (secondary N) is 1. The maximum Gasteiger partial charge on any atom is 0.269 e. The molecular weight excluding hydrogens is 244 g/mol. The molecule has 2 aromatic heterocycles. The molecule has 2 rings (SSSR count). The fourth-order valence-corrected chi connectivity index (χ4v) is 1.79. The van der Waals surface area contributed by atoms with Crippen LogP contribution in [-0.4, -0.2) is 27.8 Å². The molecule has 0 saturated heterocycles. The predicted molar refractivity (Wildman–Crippen MR) is 69.9 cm³/mol.